The van der Waals surface area contributed by atoms with Gasteiger partial charge in [-0.3, -0.25) is 14.5 Å². The van der Waals surface area contributed by atoms with Crippen LogP contribution in [0.15, 0.2) is 71.5 Å². The second-order valence-corrected chi connectivity index (χ2v) is 8.98. The highest BCUT2D eigenvalue weighted by atomic mass is 35.5. The summed E-state index contributed by atoms with van der Waals surface area (Å²) < 4.78 is 14.6. The van der Waals surface area contributed by atoms with Crippen LogP contribution in [0, 0.1) is 5.82 Å². The molecule has 11 heteroatoms. The van der Waals surface area contributed by atoms with Crippen molar-refractivity contribution in [2.24, 2.45) is 4.99 Å². The molecular formula is C23H14Cl3FN4O2S. The lowest BCUT2D eigenvalue weighted by Crippen LogP contribution is -2.32. The van der Waals surface area contributed by atoms with Crippen molar-refractivity contribution < 1.29 is 14.0 Å². The molecule has 1 aliphatic rings. The lowest BCUT2D eigenvalue weighted by molar-refractivity contribution is -0.114. The number of aliphatic imine (C=N–C) groups is 1. The Balaban J connectivity index is 1.61. The SMILES string of the molecule is O=C(CSC1=N/C(=C/c2ccc(Cl)c(Cl)c2)C(=O)N1c1ccccc1F)Nc1cccnc1Cl. The zero-order valence-electron chi connectivity index (χ0n) is 17.1. The van der Waals surface area contributed by atoms with Gasteiger partial charge in [0.1, 0.15) is 11.5 Å². The van der Waals surface area contributed by atoms with E-state index in [2.05, 4.69) is 15.3 Å². The van der Waals surface area contributed by atoms with Crippen LogP contribution in [0.4, 0.5) is 15.8 Å². The highest BCUT2D eigenvalue weighted by Crippen LogP contribution is 2.32. The molecule has 3 aromatic rings. The summed E-state index contributed by atoms with van der Waals surface area (Å²) in [7, 11) is 0. The van der Waals surface area contributed by atoms with Gasteiger partial charge >= 0.3 is 0 Å². The van der Waals surface area contributed by atoms with Crippen molar-refractivity contribution in [3.05, 3.63) is 93.1 Å². The molecule has 0 radical (unpaired) electrons. The fourth-order valence-corrected chi connectivity index (χ4v) is 4.27. The number of nitrogens with zero attached hydrogens (tertiary/aromatic N) is 3. The van der Waals surface area contributed by atoms with Gasteiger partial charge in [-0.15, -0.1) is 0 Å². The number of hydrogen-bond acceptors (Lipinski definition) is 5. The summed E-state index contributed by atoms with van der Waals surface area (Å²) in [5, 5.41) is 3.63. The van der Waals surface area contributed by atoms with E-state index in [1.807, 2.05) is 0 Å². The molecule has 0 saturated carbocycles. The maximum absolute atomic E-state index is 14.6. The summed E-state index contributed by atoms with van der Waals surface area (Å²) in [5.74, 6) is -1.66. The number of pyridine rings is 1. The number of amidine groups is 1. The van der Waals surface area contributed by atoms with Gasteiger partial charge in [-0.25, -0.2) is 14.4 Å². The minimum atomic E-state index is -0.605. The number of halogens is 4. The van der Waals surface area contributed by atoms with Gasteiger partial charge in [-0.2, -0.15) is 0 Å². The number of anilines is 2. The Morgan fingerprint density at radius 1 is 1.09 bits per heavy atom. The first-order valence-corrected chi connectivity index (χ1v) is 11.8. The molecule has 2 heterocycles. The number of benzene rings is 2. The second kappa shape index (κ2) is 10.6. The van der Waals surface area contributed by atoms with Crippen molar-refractivity contribution in [1.29, 1.82) is 0 Å². The van der Waals surface area contributed by atoms with Crippen LogP contribution in [0.5, 0.6) is 0 Å². The van der Waals surface area contributed by atoms with Gasteiger partial charge in [0.05, 0.1) is 27.2 Å². The van der Waals surface area contributed by atoms with Gasteiger partial charge in [0.2, 0.25) is 5.91 Å². The van der Waals surface area contributed by atoms with Crippen LogP contribution in [0.3, 0.4) is 0 Å². The van der Waals surface area contributed by atoms with Crippen LogP contribution in [-0.4, -0.2) is 27.7 Å². The molecule has 2 amide bonds. The average molecular weight is 536 g/mol. The maximum atomic E-state index is 14.6. The molecule has 4 rings (SSSR count). The fraction of sp³-hybridized carbons (Fsp3) is 0.0435. The van der Waals surface area contributed by atoms with Gasteiger partial charge in [-0.05, 0) is 48.0 Å². The first-order chi connectivity index (χ1) is 16.3. The standard InChI is InChI=1S/C23H14Cl3FN4O2S/c24-14-8-7-13(10-15(14)25)11-18-22(33)31(19-6-2-1-4-16(19)27)23(30-18)34-12-20(32)29-17-5-3-9-28-21(17)26/h1-11H,12H2,(H,29,32)/b18-11+. The molecule has 0 saturated heterocycles. The zero-order valence-corrected chi connectivity index (χ0v) is 20.2. The van der Waals surface area contributed by atoms with E-state index in [0.29, 0.717) is 21.3 Å². The summed E-state index contributed by atoms with van der Waals surface area (Å²) in [4.78, 5) is 35.0. The maximum Gasteiger partial charge on any atom is 0.283 e. The Morgan fingerprint density at radius 3 is 2.62 bits per heavy atom. The summed E-state index contributed by atoms with van der Waals surface area (Å²) in [6, 6.07) is 13.9. The Morgan fingerprint density at radius 2 is 1.88 bits per heavy atom. The Bertz CT molecular complexity index is 1350. The Kier molecular flexibility index (Phi) is 7.53. The molecule has 0 atom stereocenters. The molecule has 172 valence electrons. The smallest absolute Gasteiger partial charge is 0.283 e. The van der Waals surface area contributed by atoms with Crippen LogP contribution >= 0.6 is 46.6 Å². The van der Waals surface area contributed by atoms with E-state index in [0.717, 1.165) is 16.7 Å². The number of hydrogen-bond donors (Lipinski definition) is 1. The molecule has 0 bridgehead atoms. The van der Waals surface area contributed by atoms with Crippen LogP contribution in [0.1, 0.15) is 5.56 Å². The van der Waals surface area contributed by atoms with Gasteiger partial charge in [0, 0.05) is 6.20 Å². The predicted molar refractivity (Wildman–Crippen MR) is 136 cm³/mol. The third-order valence-corrected chi connectivity index (χ3v) is 6.51. The van der Waals surface area contributed by atoms with Crippen molar-refractivity contribution in [1.82, 2.24) is 4.98 Å². The van der Waals surface area contributed by atoms with Crippen LogP contribution < -0.4 is 10.2 Å². The van der Waals surface area contributed by atoms with E-state index < -0.39 is 17.6 Å². The van der Waals surface area contributed by atoms with Gasteiger partial charge in [-0.1, -0.05) is 64.8 Å². The predicted octanol–water partition coefficient (Wildman–Crippen LogP) is 6.30. The zero-order chi connectivity index (χ0) is 24.2. The molecule has 6 nitrogen and oxygen atoms in total. The van der Waals surface area contributed by atoms with Crippen LogP contribution in [0.2, 0.25) is 15.2 Å². The Labute approximate surface area is 213 Å². The second-order valence-electron chi connectivity index (χ2n) is 6.87. The van der Waals surface area contributed by atoms with E-state index in [9.17, 15) is 14.0 Å². The summed E-state index contributed by atoms with van der Waals surface area (Å²) >= 11 is 19.0. The molecule has 0 unspecified atom stereocenters. The number of amides is 2. The van der Waals surface area contributed by atoms with E-state index >= 15 is 0 Å². The molecular weight excluding hydrogens is 522 g/mol. The van der Waals surface area contributed by atoms with Crippen LogP contribution in [0.25, 0.3) is 6.08 Å². The first-order valence-electron chi connectivity index (χ1n) is 9.71. The molecule has 2 aromatic carbocycles. The third-order valence-electron chi connectivity index (χ3n) is 4.54. The van der Waals surface area contributed by atoms with E-state index in [1.165, 1.54) is 30.5 Å². The van der Waals surface area contributed by atoms with E-state index in [1.54, 1.807) is 36.4 Å². The number of rotatable bonds is 5. The number of thioether (sulfide) groups is 1. The summed E-state index contributed by atoms with van der Waals surface area (Å²) in [6.45, 7) is 0. The monoisotopic (exact) mass is 534 g/mol. The molecule has 1 aromatic heterocycles. The largest absolute Gasteiger partial charge is 0.323 e. The molecule has 1 N–H and O–H groups in total. The molecule has 0 fully saturated rings. The first kappa shape index (κ1) is 24.2. The molecule has 34 heavy (non-hydrogen) atoms. The minimum absolute atomic E-state index is 0.0204. The number of nitrogens with one attached hydrogen (secondary N) is 1. The highest BCUT2D eigenvalue weighted by molar-refractivity contribution is 8.14. The number of carbonyl (C=O) groups excluding carboxylic acids is 2. The number of carbonyl (C=O) groups is 2. The van der Waals surface area contributed by atoms with Crippen LogP contribution in [-0.2, 0) is 9.59 Å². The lowest BCUT2D eigenvalue weighted by Gasteiger charge is -2.18. The third kappa shape index (κ3) is 5.42. The topological polar surface area (TPSA) is 74.7 Å². The molecule has 0 aliphatic carbocycles. The van der Waals surface area contributed by atoms with Crippen molar-refractivity contribution in [3.8, 4) is 0 Å². The van der Waals surface area contributed by atoms with Gasteiger partial charge in [0.25, 0.3) is 5.91 Å². The van der Waals surface area contributed by atoms with Gasteiger partial charge < -0.3 is 5.32 Å². The molecule has 0 spiro atoms. The van der Waals surface area contributed by atoms with Crippen molar-refractivity contribution >= 4 is 81.0 Å². The summed E-state index contributed by atoms with van der Waals surface area (Å²) in [6.07, 6.45) is 3.01. The Hall–Kier alpha value is -2.91. The van der Waals surface area contributed by atoms with Crippen molar-refractivity contribution in [2.45, 2.75) is 0 Å². The van der Waals surface area contributed by atoms with Gasteiger partial charge in [0.15, 0.2) is 10.3 Å². The van der Waals surface area contributed by atoms with Crippen molar-refractivity contribution in [3.63, 3.8) is 0 Å². The highest BCUT2D eigenvalue weighted by Gasteiger charge is 2.34. The minimum Gasteiger partial charge on any atom is -0.323 e. The van der Waals surface area contributed by atoms with E-state index in [4.69, 9.17) is 34.8 Å². The lowest BCUT2D eigenvalue weighted by atomic mass is 10.2. The average Bonchev–Trinajstić information content (AvgIpc) is 3.11. The van der Waals surface area contributed by atoms with Crippen molar-refractivity contribution in [2.75, 3.05) is 16.0 Å². The molecule has 1 aliphatic heterocycles. The number of aromatic nitrogens is 1. The number of para-hydroxylation sites is 1. The van der Waals surface area contributed by atoms with E-state index in [-0.39, 0.29) is 27.5 Å². The quantitative estimate of drug-likeness (QED) is 0.307. The summed E-state index contributed by atoms with van der Waals surface area (Å²) in [5.41, 5.74) is 1.02. The fourth-order valence-electron chi connectivity index (χ4n) is 2.99. The normalized spacial score (nSPS) is 14.5.